The van der Waals surface area contributed by atoms with E-state index < -0.39 is 15.9 Å². The standard InChI is InChI=1S/C9H14N4O3S/c1-13-5-7(2-8(13)9(10)14)17(15,16)12-6-3-11-4-6/h2,5-6,11-12H,3-4H2,1H3,(H2,10,14). The monoisotopic (exact) mass is 258 g/mol. The van der Waals surface area contributed by atoms with Crippen LogP contribution in [-0.4, -0.2) is 38.0 Å². The third-order valence-corrected chi connectivity index (χ3v) is 4.13. The molecule has 0 saturated carbocycles. The Hall–Kier alpha value is -1.38. The van der Waals surface area contributed by atoms with Gasteiger partial charge in [0.15, 0.2) is 0 Å². The van der Waals surface area contributed by atoms with Gasteiger partial charge in [-0.1, -0.05) is 0 Å². The maximum Gasteiger partial charge on any atom is 0.265 e. The molecule has 0 aliphatic carbocycles. The molecule has 1 aliphatic heterocycles. The van der Waals surface area contributed by atoms with Crippen molar-refractivity contribution in [2.75, 3.05) is 13.1 Å². The zero-order chi connectivity index (χ0) is 12.6. The van der Waals surface area contributed by atoms with Crippen LogP contribution >= 0.6 is 0 Å². The van der Waals surface area contributed by atoms with Crippen LogP contribution in [0.15, 0.2) is 17.2 Å². The molecule has 17 heavy (non-hydrogen) atoms. The highest BCUT2D eigenvalue weighted by molar-refractivity contribution is 7.89. The summed E-state index contributed by atoms with van der Waals surface area (Å²) in [5.41, 5.74) is 5.29. The van der Waals surface area contributed by atoms with E-state index in [1.54, 1.807) is 7.05 Å². The first-order chi connectivity index (χ1) is 7.90. The number of nitrogens with zero attached hydrogens (tertiary/aromatic N) is 1. The summed E-state index contributed by atoms with van der Waals surface area (Å²) in [6, 6.07) is 1.19. The van der Waals surface area contributed by atoms with Crippen molar-refractivity contribution in [3.8, 4) is 0 Å². The van der Waals surface area contributed by atoms with E-state index in [4.69, 9.17) is 5.73 Å². The lowest BCUT2D eigenvalue weighted by Crippen LogP contribution is -2.56. The Morgan fingerprint density at radius 1 is 1.59 bits per heavy atom. The van der Waals surface area contributed by atoms with Crippen molar-refractivity contribution in [1.29, 1.82) is 0 Å². The van der Waals surface area contributed by atoms with Gasteiger partial charge in [-0.2, -0.15) is 0 Å². The summed E-state index contributed by atoms with van der Waals surface area (Å²) in [5.74, 6) is -0.653. The van der Waals surface area contributed by atoms with Crippen molar-refractivity contribution < 1.29 is 13.2 Å². The minimum atomic E-state index is -3.57. The summed E-state index contributed by atoms with van der Waals surface area (Å²) in [6.07, 6.45) is 1.37. The van der Waals surface area contributed by atoms with E-state index in [2.05, 4.69) is 10.0 Å². The number of aromatic nitrogens is 1. The van der Waals surface area contributed by atoms with E-state index in [1.807, 2.05) is 0 Å². The normalized spacial score (nSPS) is 16.8. The first kappa shape index (κ1) is 12.1. The summed E-state index contributed by atoms with van der Waals surface area (Å²) in [6.45, 7) is 1.24. The summed E-state index contributed by atoms with van der Waals surface area (Å²) >= 11 is 0. The molecule has 0 unspecified atom stereocenters. The van der Waals surface area contributed by atoms with E-state index >= 15 is 0 Å². The largest absolute Gasteiger partial charge is 0.364 e. The molecule has 1 fully saturated rings. The van der Waals surface area contributed by atoms with Gasteiger partial charge in [-0.3, -0.25) is 4.79 Å². The van der Waals surface area contributed by atoms with Crippen LogP contribution in [0.5, 0.6) is 0 Å². The van der Waals surface area contributed by atoms with Crippen LogP contribution in [0, 0.1) is 0 Å². The van der Waals surface area contributed by atoms with Gasteiger partial charge in [-0.15, -0.1) is 0 Å². The van der Waals surface area contributed by atoms with Gasteiger partial charge in [0.1, 0.15) is 10.6 Å². The van der Waals surface area contributed by atoms with E-state index in [1.165, 1.54) is 16.8 Å². The predicted molar refractivity (Wildman–Crippen MR) is 60.9 cm³/mol. The number of sulfonamides is 1. The third kappa shape index (κ3) is 2.33. The summed E-state index contributed by atoms with van der Waals surface area (Å²) in [5, 5.41) is 2.96. The van der Waals surface area contributed by atoms with Crippen molar-refractivity contribution >= 4 is 15.9 Å². The Kier molecular flexibility index (Phi) is 2.94. The van der Waals surface area contributed by atoms with Gasteiger partial charge in [-0.05, 0) is 6.07 Å². The number of aryl methyl sites for hydroxylation is 1. The van der Waals surface area contributed by atoms with Crippen LogP contribution in [0.1, 0.15) is 10.5 Å². The molecule has 94 valence electrons. The molecule has 1 aromatic heterocycles. The molecule has 7 nitrogen and oxygen atoms in total. The molecule has 1 aromatic rings. The summed E-state index contributed by atoms with van der Waals surface area (Å²) in [7, 11) is -2.00. The summed E-state index contributed by atoms with van der Waals surface area (Å²) < 4.78 is 27.8. The Morgan fingerprint density at radius 2 is 2.24 bits per heavy atom. The smallest absolute Gasteiger partial charge is 0.265 e. The molecule has 1 amide bonds. The van der Waals surface area contributed by atoms with Gasteiger partial charge in [0.25, 0.3) is 5.91 Å². The Labute approximate surface area is 99.0 Å². The van der Waals surface area contributed by atoms with Crippen molar-refractivity contribution in [3.63, 3.8) is 0 Å². The van der Waals surface area contributed by atoms with Gasteiger partial charge >= 0.3 is 0 Å². The zero-order valence-corrected chi connectivity index (χ0v) is 10.1. The number of primary amides is 1. The molecule has 4 N–H and O–H groups in total. The Morgan fingerprint density at radius 3 is 2.65 bits per heavy atom. The Balaban J connectivity index is 2.26. The van der Waals surface area contributed by atoms with Gasteiger partial charge in [-0.25, -0.2) is 13.1 Å². The van der Waals surface area contributed by atoms with E-state index in [-0.39, 0.29) is 16.6 Å². The first-order valence-electron chi connectivity index (χ1n) is 5.09. The number of carbonyl (C=O) groups excluding carboxylic acids is 1. The number of nitrogens with one attached hydrogen (secondary N) is 2. The van der Waals surface area contributed by atoms with Crippen molar-refractivity contribution in [2.45, 2.75) is 10.9 Å². The maximum atomic E-state index is 11.9. The number of hydrogen-bond donors (Lipinski definition) is 3. The highest BCUT2D eigenvalue weighted by Gasteiger charge is 2.26. The molecule has 2 rings (SSSR count). The van der Waals surface area contributed by atoms with Crippen LogP contribution in [0.4, 0.5) is 0 Å². The maximum absolute atomic E-state index is 11.9. The van der Waals surface area contributed by atoms with E-state index in [0.717, 1.165) is 0 Å². The minimum Gasteiger partial charge on any atom is -0.364 e. The van der Waals surface area contributed by atoms with Crippen molar-refractivity contribution in [1.82, 2.24) is 14.6 Å². The molecular weight excluding hydrogens is 244 g/mol. The molecule has 0 aromatic carbocycles. The SMILES string of the molecule is Cn1cc(S(=O)(=O)NC2CNC2)cc1C(N)=O. The second-order valence-corrected chi connectivity index (χ2v) is 5.73. The zero-order valence-electron chi connectivity index (χ0n) is 9.30. The topological polar surface area (TPSA) is 106 Å². The number of hydrogen-bond acceptors (Lipinski definition) is 4. The lowest BCUT2D eigenvalue weighted by atomic mass is 10.2. The quantitative estimate of drug-likeness (QED) is 0.603. The molecule has 0 bridgehead atoms. The van der Waals surface area contributed by atoms with Crippen molar-refractivity contribution in [2.24, 2.45) is 12.8 Å². The van der Waals surface area contributed by atoms with Crippen LogP contribution in [0.2, 0.25) is 0 Å². The number of amides is 1. The summed E-state index contributed by atoms with van der Waals surface area (Å²) in [4.78, 5) is 11.1. The number of nitrogens with two attached hydrogens (primary N) is 1. The lowest BCUT2D eigenvalue weighted by molar-refractivity contribution is 0.0992. The fourth-order valence-electron chi connectivity index (χ4n) is 1.59. The van der Waals surface area contributed by atoms with Crippen LogP contribution in [0.25, 0.3) is 0 Å². The second-order valence-electron chi connectivity index (χ2n) is 4.01. The van der Waals surface area contributed by atoms with Crippen LogP contribution < -0.4 is 15.8 Å². The number of rotatable bonds is 4. The lowest BCUT2D eigenvalue weighted by Gasteiger charge is -2.27. The first-order valence-corrected chi connectivity index (χ1v) is 6.57. The highest BCUT2D eigenvalue weighted by atomic mass is 32.2. The fraction of sp³-hybridized carbons (Fsp3) is 0.444. The molecular formula is C9H14N4O3S. The molecule has 1 saturated heterocycles. The van der Waals surface area contributed by atoms with Gasteiger partial charge in [0, 0.05) is 32.4 Å². The third-order valence-electron chi connectivity index (χ3n) is 2.65. The molecule has 2 heterocycles. The average Bonchev–Trinajstić information content (AvgIpc) is 2.55. The predicted octanol–water partition coefficient (Wildman–Crippen LogP) is -1.63. The van der Waals surface area contributed by atoms with Crippen LogP contribution in [0.3, 0.4) is 0 Å². The minimum absolute atomic E-state index is 0.0562. The second kappa shape index (κ2) is 4.13. The molecule has 1 aliphatic rings. The number of carbonyl (C=O) groups is 1. The fourth-order valence-corrected chi connectivity index (χ4v) is 2.89. The molecule has 0 spiro atoms. The van der Waals surface area contributed by atoms with E-state index in [9.17, 15) is 13.2 Å². The molecule has 0 atom stereocenters. The molecule has 0 radical (unpaired) electrons. The molecule has 8 heteroatoms. The van der Waals surface area contributed by atoms with Crippen molar-refractivity contribution in [3.05, 3.63) is 18.0 Å². The highest BCUT2D eigenvalue weighted by Crippen LogP contribution is 2.14. The van der Waals surface area contributed by atoms with Gasteiger partial charge in [0.05, 0.1) is 0 Å². The van der Waals surface area contributed by atoms with E-state index in [0.29, 0.717) is 13.1 Å². The Bertz CT molecular complexity index is 545. The van der Waals surface area contributed by atoms with Gasteiger partial charge < -0.3 is 15.6 Å². The van der Waals surface area contributed by atoms with Gasteiger partial charge in [0.2, 0.25) is 10.0 Å². The van der Waals surface area contributed by atoms with Crippen LogP contribution in [-0.2, 0) is 17.1 Å². The average molecular weight is 258 g/mol.